The van der Waals surface area contributed by atoms with E-state index in [1.165, 1.54) is 0 Å². The summed E-state index contributed by atoms with van der Waals surface area (Å²) < 4.78 is 66.9. The molecule has 0 aromatic heterocycles. The molecule has 18 heavy (non-hydrogen) atoms. The van der Waals surface area contributed by atoms with Crippen molar-refractivity contribution in [3.8, 4) is 0 Å². The molecule has 10 heteroatoms. The summed E-state index contributed by atoms with van der Waals surface area (Å²) in [5.74, 6) is -1.30. The molecular weight excluding hydrogens is 305 g/mol. The first-order valence-electron chi connectivity index (χ1n) is 4.17. The van der Waals surface area contributed by atoms with E-state index in [9.17, 15) is 24.2 Å². The molecule has 1 aromatic carbocycles. The highest BCUT2D eigenvalue weighted by Gasteiger charge is 2.65. The van der Waals surface area contributed by atoms with Crippen molar-refractivity contribution in [2.45, 2.75) is 4.90 Å². The largest absolute Gasteiger partial charge is 0.465 e. The zero-order chi connectivity index (χ0) is 14.4. The van der Waals surface area contributed by atoms with Gasteiger partial charge in [-0.2, -0.15) is 0 Å². The van der Waals surface area contributed by atoms with Crippen LogP contribution in [0, 0.1) is 0 Å². The Hall–Kier alpha value is -1.22. The Morgan fingerprint density at radius 3 is 2.17 bits per heavy atom. The third-order valence-electron chi connectivity index (χ3n) is 1.93. The number of rotatable bonds is 2. The number of nitrogens with two attached hydrogens (primary N) is 1. The van der Waals surface area contributed by atoms with Crippen molar-refractivity contribution in [1.29, 1.82) is 0 Å². The number of carbonyl (C=O) groups excluding carboxylic acids is 1. The number of ether oxygens (including phenoxy) is 1. The zero-order valence-corrected chi connectivity index (χ0v) is 10.3. The molecule has 0 atom stereocenters. The maximum absolute atomic E-state index is 12.6. The van der Waals surface area contributed by atoms with E-state index >= 15 is 0 Å². The van der Waals surface area contributed by atoms with Gasteiger partial charge in [0.25, 0.3) is 0 Å². The summed E-state index contributed by atoms with van der Waals surface area (Å²) in [6.07, 6.45) is 0. The summed E-state index contributed by atoms with van der Waals surface area (Å²) in [5.41, 5.74) is 3.41. The van der Waals surface area contributed by atoms with E-state index < -0.39 is 37.4 Å². The lowest BCUT2D eigenvalue weighted by Gasteiger charge is -2.40. The van der Waals surface area contributed by atoms with Crippen LogP contribution in [0.3, 0.4) is 0 Å². The lowest BCUT2D eigenvalue weighted by molar-refractivity contribution is 0.0600. The van der Waals surface area contributed by atoms with Crippen molar-refractivity contribution < 1.29 is 29.0 Å². The second-order valence-electron chi connectivity index (χ2n) is 3.33. The highest BCUT2D eigenvalue weighted by Crippen LogP contribution is 3.02. The molecule has 1 aromatic rings. The molecule has 2 N–H and O–H groups in total. The Bertz CT molecular complexity index is 530. The maximum atomic E-state index is 12.6. The third kappa shape index (κ3) is 2.96. The number of carbonyl (C=O) groups is 1. The van der Waals surface area contributed by atoms with Gasteiger partial charge < -0.3 is 10.5 Å². The molecule has 0 aliphatic carbocycles. The summed E-state index contributed by atoms with van der Waals surface area (Å²) in [7, 11) is -9.07. The molecule has 0 radical (unpaired) electrons. The molecule has 0 saturated carbocycles. The minimum absolute atomic E-state index is 0.0175. The smallest absolute Gasteiger partial charge is 0.339 e. The minimum atomic E-state index is -9.93. The number of esters is 1. The highest BCUT2D eigenvalue weighted by molar-refractivity contribution is 8.45. The van der Waals surface area contributed by atoms with Gasteiger partial charge in [-0.25, -0.2) is 4.79 Å². The number of methoxy groups -OCH3 is 1. The average molecular weight is 312 g/mol. The number of halogens is 6. The van der Waals surface area contributed by atoms with Crippen LogP contribution in [-0.4, -0.2) is 13.1 Å². The summed E-state index contributed by atoms with van der Waals surface area (Å²) in [5, 5.41) is -0.576. The Labute approximate surface area is 103 Å². The molecule has 0 aliphatic rings. The van der Waals surface area contributed by atoms with Crippen LogP contribution in [0.25, 0.3) is 0 Å². The van der Waals surface area contributed by atoms with Crippen LogP contribution in [0.1, 0.15) is 10.4 Å². The van der Waals surface area contributed by atoms with E-state index in [4.69, 9.17) is 17.3 Å². The van der Waals surface area contributed by atoms with Crippen LogP contribution in [0.5, 0.6) is 0 Å². The van der Waals surface area contributed by atoms with E-state index in [-0.39, 0.29) is 12.1 Å². The van der Waals surface area contributed by atoms with Gasteiger partial charge in [-0.3, -0.25) is 0 Å². The minimum Gasteiger partial charge on any atom is -0.465 e. The molecule has 1 rings (SSSR count). The second-order valence-corrected chi connectivity index (χ2v) is 6.12. The van der Waals surface area contributed by atoms with Crippen LogP contribution in [0.2, 0.25) is 5.02 Å². The Morgan fingerprint density at radius 2 is 1.78 bits per heavy atom. The lowest BCUT2D eigenvalue weighted by atomic mass is 10.2. The Balaban J connectivity index is 3.64. The average Bonchev–Trinajstić information content (AvgIpc) is 2.17. The molecule has 0 unspecified atom stereocenters. The van der Waals surface area contributed by atoms with Gasteiger partial charge in [0.1, 0.15) is 4.90 Å². The number of benzene rings is 1. The summed E-state index contributed by atoms with van der Waals surface area (Å²) in [6.45, 7) is 0. The molecule has 0 fully saturated rings. The van der Waals surface area contributed by atoms with E-state index in [1.807, 2.05) is 0 Å². The van der Waals surface area contributed by atoms with Crippen LogP contribution in [0.15, 0.2) is 17.0 Å². The topological polar surface area (TPSA) is 52.3 Å². The van der Waals surface area contributed by atoms with Crippen LogP contribution in [-0.2, 0) is 4.74 Å². The van der Waals surface area contributed by atoms with E-state index in [0.717, 1.165) is 7.11 Å². The standard InChI is InChI=1S/C8H7ClF5NO2S/c1-17-8(16)5-2-4(3-6(15)7(5)9)18(10,11,12,13)14/h2-3H,15H2,1H3. The fourth-order valence-electron chi connectivity index (χ4n) is 1.10. The van der Waals surface area contributed by atoms with Gasteiger partial charge >= 0.3 is 16.2 Å². The van der Waals surface area contributed by atoms with Crippen molar-refractivity contribution in [3.05, 3.63) is 22.7 Å². The Morgan fingerprint density at radius 1 is 1.28 bits per heavy atom. The Kier molecular flexibility index (Phi) is 2.81. The van der Waals surface area contributed by atoms with Gasteiger partial charge in [0.05, 0.1) is 23.4 Å². The number of hydrogen-bond donors (Lipinski definition) is 1. The zero-order valence-electron chi connectivity index (χ0n) is 8.72. The first-order chi connectivity index (χ1) is 7.76. The monoisotopic (exact) mass is 311 g/mol. The molecule has 0 aliphatic heterocycles. The van der Waals surface area contributed by atoms with Gasteiger partial charge in [-0.1, -0.05) is 31.0 Å². The number of nitrogen functional groups attached to an aromatic ring is 1. The summed E-state index contributed by atoms with van der Waals surface area (Å²) in [4.78, 5) is 8.82. The van der Waals surface area contributed by atoms with Crippen LogP contribution >= 0.6 is 21.8 Å². The SMILES string of the molecule is COC(=O)c1cc(S(F)(F)(F)(F)F)cc(N)c1Cl. The van der Waals surface area contributed by atoms with Gasteiger partial charge in [0.2, 0.25) is 0 Å². The molecule has 0 bridgehead atoms. The van der Waals surface area contributed by atoms with Crippen molar-refractivity contribution in [2.75, 3.05) is 12.8 Å². The molecule has 0 amide bonds. The molecule has 0 spiro atoms. The van der Waals surface area contributed by atoms with Crippen molar-refractivity contribution >= 4 is 33.5 Å². The van der Waals surface area contributed by atoms with E-state index in [1.54, 1.807) is 0 Å². The van der Waals surface area contributed by atoms with Crippen LogP contribution < -0.4 is 5.73 Å². The molecular formula is C8H7ClF5NO2S. The first-order valence-corrected chi connectivity index (χ1v) is 6.50. The maximum Gasteiger partial charge on any atom is 0.339 e. The first kappa shape index (κ1) is 14.8. The van der Waals surface area contributed by atoms with E-state index in [0.29, 0.717) is 0 Å². The molecule has 104 valence electrons. The van der Waals surface area contributed by atoms with E-state index in [2.05, 4.69) is 4.74 Å². The number of hydrogen-bond acceptors (Lipinski definition) is 3. The predicted octanol–water partition coefficient (Wildman–Crippen LogP) is 4.37. The van der Waals surface area contributed by atoms with Crippen molar-refractivity contribution in [1.82, 2.24) is 0 Å². The van der Waals surface area contributed by atoms with Crippen LogP contribution in [0.4, 0.5) is 25.1 Å². The van der Waals surface area contributed by atoms with Gasteiger partial charge in [0.15, 0.2) is 0 Å². The second kappa shape index (κ2) is 3.41. The molecule has 0 heterocycles. The fourth-order valence-corrected chi connectivity index (χ4v) is 1.98. The molecule has 0 saturated heterocycles. The van der Waals surface area contributed by atoms with Gasteiger partial charge in [0, 0.05) is 0 Å². The van der Waals surface area contributed by atoms with Crippen molar-refractivity contribution in [2.24, 2.45) is 0 Å². The lowest BCUT2D eigenvalue weighted by Crippen LogP contribution is -2.11. The van der Waals surface area contributed by atoms with Crippen molar-refractivity contribution in [3.63, 3.8) is 0 Å². The molecule has 3 nitrogen and oxygen atoms in total. The van der Waals surface area contributed by atoms with Gasteiger partial charge in [-0.15, -0.1) is 0 Å². The third-order valence-corrected chi connectivity index (χ3v) is 3.47. The quantitative estimate of drug-likeness (QED) is 0.501. The normalized spacial score (nSPS) is 15.7. The number of anilines is 1. The van der Waals surface area contributed by atoms with Gasteiger partial charge in [-0.05, 0) is 12.1 Å². The summed E-state index contributed by atoms with van der Waals surface area (Å²) >= 11 is 5.45. The predicted molar refractivity (Wildman–Crippen MR) is 58.6 cm³/mol. The fraction of sp³-hybridized carbons (Fsp3) is 0.125. The highest BCUT2D eigenvalue weighted by atomic mass is 35.5. The summed E-state index contributed by atoms with van der Waals surface area (Å²) in [6, 6.07) is -0.0948.